The van der Waals surface area contributed by atoms with Gasteiger partial charge in [-0.2, -0.15) is 0 Å². The summed E-state index contributed by atoms with van der Waals surface area (Å²) >= 11 is 0. The second-order valence-electron chi connectivity index (χ2n) is 22.4. The average Bonchev–Trinajstić information content (AvgIpc) is 3.37. The molecule has 1 unspecified atom stereocenters. The predicted molar refractivity (Wildman–Crippen MR) is 307 cm³/mol. The average molecular weight is 1000 g/mol. The third kappa shape index (κ3) is 59.2. The third-order valence-corrected chi connectivity index (χ3v) is 15.1. The maximum atomic E-state index is 12.8. The van der Waals surface area contributed by atoms with Crippen LogP contribution in [-0.4, -0.2) is 37.2 Å². The van der Waals surface area contributed by atoms with Gasteiger partial charge in [-0.3, -0.25) is 14.4 Å². The Morgan fingerprint density at radius 2 is 0.380 bits per heavy atom. The van der Waals surface area contributed by atoms with E-state index in [-0.39, 0.29) is 31.1 Å². The van der Waals surface area contributed by atoms with Crippen molar-refractivity contribution < 1.29 is 28.6 Å². The minimum absolute atomic E-state index is 0.0623. The van der Waals surface area contributed by atoms with Gasteiger partial charge in [-0.25, -0.2) is 0 Å². The standard InChI is InChI=1S/C65H126O6/c1-4-7-10-13-15-17-19-21-23-25-27-29-31-32-34-35-37-39-41-43-45-47-49-52-55-58-64(67)70-61-62(60-69-63(66)57-54-51-12-9-6-3)71-65(68)59-56-53-50-48-46-44-42-40-38-36-33-30-28-26-24-22-20-18-16-14-11-8-5-2/h62H,4-61H2,1-3H3. The Balaban J connectivity index is 3.94. The van der Waals surface area contributed by atoms with E-state index in [1.165, 1.54) is 276 Å². The molecule has 0 aliphatic heterocycles. The molecule has 1 atom stereocenters. The molecular formula is C65H126O6. The molecule has 0 radical (unpaired) electrons. The number of ether oxygens (including phenoxy) is 3. The summed E-state index contributed by atoms with van der Waals surface area (Å²) in [7, 11) is 0. The Bertz CT molecular complexity index is 1060. The Kier molecular flexibility index (Phi) is 59.6. The minimum atomic E-state index is -0.760. The number of unbranched alkanes of at least 4 members (excludes halogenated alkanes) is 50. The maximum absolute atomic E-state index is 12.8. The number of hydrogen-bond acceptors (Lipinski definition) is 6. The number of hydrogen-bond donors (Lipinski definition) is 0. The van der Waals surface area contributed by atoms with Gasteiger partial charge in [0.15, 0.2) is 6.10 Å². The number of carbonyl (C=O) groups excluding carboxylic acids is 3. The van der Waals surface area contributed by atoms with Gasteiger partial charge < -0.3 is 14.2 Å². The molecule has 0 aliphatic rings. The zero-order valence-corrected chi connectivity index (χ0v) is 48.5. The molecule has 0 aromatic carbocycles. The number of rotatable bonds is 61. The molecule has 6 heteroatoms. The van der Waals surface area contributed by atoms with E-state index in [0.717, 1.165) is 64.2 Å². The fourth-order valence-electron chi connectivity index (χ4n) is 10.2. The van der Waals surface area contributed by atoms with Crippen molar-refractivity contribution in [2.75, 3.05) is 13.2 Å². The van der Waals surface area contributed by atoms with Crippen LogP contribution >= 0.6 is 0 Å². The van der Waals surface area contributed by atoms with Gasteiger partial charge in [0.1, 0.15) is 13.2 Å². The Labute approximate surface area is 444 Å². The monoisotopic (exact) mass is 1000 g/mol. The number of esters is 3. The third-order valence-electron chi connectivity index (χ3n) is 15.1. The second-order valence-corrected chi connectivity index (χ2v) is 22.4. The predicted octanol–water partition coefficient (Wildman–Crippen LogP) is 21.9. The number of carbonyl (C=O) groups is 3. The molecule has 0 heterocycles. The summed E-state index contributed by atoms with van der Waals surface area (Å²) in [6, 6.07) is 0. The highest BCUT2D eigenvalue weighted by Gasteiger charge is 2.19. The molecule has 422 valence electrons. The van der Waals surface area contributed by atoms with E-state index in [1.807, 2.05) is 0 Å². The van der Waals surface area contributed by atoms with E-state index >= 15 is 0 Å². The highest BCUT2D eigenvalue weighted by atomic mass is 16.6. The van der Waals surface area contributed by atoms with Crippen molar-refractivity contribution in [2.24, 2.45) is 0 Å². The summed E-state index contributed by atoms with van der Waals surface area (Å²) < 4.78 is 16.8. The van der Waals surface area contributed by atoms with E-state index in [2.05, 4.69) is 20.8 Å². The maximum Gasteiger partial charge on any atom is 0.306 e. The van der Waals surface area contributed by atoms with Gasteiger partial charge in [0.2, 0.25) is 0 Å². The molecule has 0 N–H and O–H groups in total. The first-order valence-corrected chi connectivity index (χ1v) is 32.5. The topological polar surface area (TPSA) is 78.9 Å². The quantitative estimate of drug-likeness (QED) is 0.0343. The zero-order chi connectivity index (χ0) is 51.4. The SMILES string of the molecule is CCCCCCCCCCCCCCCCCCCCCCCCCCCC(=O)OCC(COC(=O)CCCCCCC)OC(=O)CCCCCCCCCCCCCCCCCCCCCCCCC. The van der Waals surface area contributed by atoms with Crippen LogP contribution in [0.2, 0.25) is 0 Å². The van der Waals surface area contributed by atoms with Gasteiger partial charge in [-0.1, -0.05) is 342 Å². The first-order valence-electron chi connectivity index (χ1n) is 32.5. The molecule has 0 saturated carbocycles. The van der Waals surface area contributed by atoms with Crippen LogP contribution in [0.3, 0.4) is 0 Å². The first-order chi connectivity index (χ1) is 35.0. The van der Waals surface area contributed by atoms with Gasteiger partial charge in [0, 0.05) is 19.3 Å². The lowest BCUT2D eigenvalue weighted by Gasteiger charge is -2.18. The summed E-state index contributed by atoms with van der Waals surface area (Å²) in [6.45, 7) is 6.64. The van der Waals surface area contributed by atoms with Crippen LogP contribution in [0.25, 0.3) is 0 Å². The van der Waals surface area contributed by atoms with Crippen LogP contribution in [0.1, 0.15) is 380 Å². The molecule has 0 amide bonds. The molecule has 0 saturated heterocycles. The van der Waals surface area contributed by atoms with E-state index < -0.39 is 6.10 Å². The normalized spacial score (nSPS) is 11.9. The second kappa shape index (κ2) is 61.0. The van der Waals surface area contributed by atoms with Gasteiger partial charge in [0.05, 0.1) is 0 Å². The van der Waals surface area contributed by atoms with Crippen LogP contribution in [-0.2, 0) is 28.6 Å². The highest BCUT2D eigenvalue weighted by molar-refractivity contribution is 5.71. The summed E-state index contributed by atoms with van der Waals surface area (Å²) in [5.74, 6) is -0.846. The molecule has 0 aliphatic carbocycles. The van der Waals surface area contributed by atoms with Crippen molar-refractivity contribution in [3.8, 4) is 0 Å². The largest absolute Gasteiger partial charge is 0.462 e. The molecule has 0 aromatic rings. The van der Waals surface area contributed by atoms with Crippen molar-refractivity contribution in [1.29, 1.82) is 0 Å². The summed E-state index contributed by atoms with van der Waals surface area (Å²) in [5, 5.41) is 0. The molecule has 0 rings (SSSR count). The summed E-state index contributed by atoms with van der Waals surface area (Å²) in [4.78, 5) is 37.9. The van der Waals surface area contributed by atoms with Crippen molar-refractivity contribution in [3.05, 3.63) is 0 Å². The molecule has 0 fully saturated rings. The van der Waals surface area contributed by atoms with Crippen molar-refractivity contribution >= 4 is 17.9 Å². The molecule has 0 spiro atoms. The fourth-order valence-corrected chi connectivity index (χ4v) is 10.2. The molecule has 0 aromatic heterocycles. The van der Waals surface area contributed by atoms with Gasteiger partial charge >= 0.3 is 17.9 Å². The Morgan fingerprint density at radius 1 is 0.225 bits per heavy atom. The van der Waals surface area contributed by atoms with Gasteiger partial charge in [-0.15, -0.1) is 0 Å². The van der Waals surface area contributed by atoms with Crippen molar-refractivity contribution in [2.45, 2.75) is 386 Å². The van der Waals surface area contributed by atoms with Crippen LogP contribution < -0.4 is 0 Å². The first kappa shape index (κ1) is 69.4. The Hall–Kier alpha value is -1.59. The van der Waals surface area contributed by atoms with E-state index in [9.17, 15) is 14.4 Å². The molecule has 0 bridgehead atoms. The van der Waals surface area contributed by atoms with Crippen LogP contribution in [0.5, 0.6) is 0 Å². The van der Waals surface area contributed by atoms with E-state index in [0.29, 0.717) is 19.3 Å². The van der Waals surface area contributed by atoms with Gasteiger partial charge in [-0.05, 0) is 19.3 Å². The lowest BCUT2D eigenvalue weighted by atomic mass is 10.0. The minimum Gasteiger partial charge on any atom is -0.462 e. The van der Waals surface area contributed by atoms with Crippen LogP contribution in [0, 0.1) is 0 Å². The fraction of sp³-hybridized carbons (Fsp3) is 0.954. The van der Waals surface area contributed by atoms with E-state index in [4.69, 9.17) is 14.2 Å². The smallest absolute Gasteiger partial charge is 0.306 e. The van der Waals surface area contributed by atoms with Crippen molar-refractivity contribution in [1.82, 2.24) is 0 Å². The zero-order valence-electron chi connectivity index (χ0n) is 48.5. The van der Waals surface area contributed by atoms with E-state index in [1.54, 1.807) is 0 Å². The Morgan fingerprint density at radius 3 is 0.563 bits per heavy atom. The lowest BCUT2D eigenvalue weighted by molar-refractivity contribution is -0.167. The van der Waals surface area contributed by atoms with Crippen LogP contribution in [0.4, 0.5) is 0 Å². The lowest BCUT2D eigenvalue weighted by Crippen LogP contribution is -2.30. The molecule has 6 nitrogen and oxygen atoms in total. The summed E-state index contributed by atoms with van der Waals surface area (Å²) in [5.41, 5.74) is 0. The summed E-state index contributed by atoms with van der Waals surface area (Å²) in [6.07, 6.45) is 70.3. The van der Waals surface area contributed by atoms with Crippen LogP contribution in [0.15, 0.2) is 0 Å². The van der Waals surface area contributed by atoms with Gasteiger partial charge in [0.25, 0.3) is 0 Å². The molecule has 71 heavy (non-hydrogen) atoms. The van der Waals surface area contributed by atoms with Crippen molar-refractivity contribution in [3.63, 3.8) is 0 Å². The molecular weight excluding hydrogens is 877 g/mol. The highest BCUT2D eigenvalue weighted by Crippen LogP contribution is 2.19.